The first-order valence-electron chi connectivity index (χ1n) is 6.76. The predicted octanol–water partition coefficient (Wildman–Crippen LogP) is 3.73. The molecule has 0 N–H and O–H groups in total. The molecule has 2 heteroatoms. The van der Waals surface area contributed by atoms with E-state index in [1.54, 1.807) is 0 Å². The largest absolute Gasteiger partial charge is 0.353 e. The van der Waals surface area contributed by atoms with Crippen molar-refractivity contribution in [1.29, 1.82) is 0 Å². The summed E-state index contributed by atoms with van der Waals surface area (Å²) < 4.78 is 10.6. The van der Waals surface area contributed by atoms with Gasteiger partial charge in [0.2, 0.25) is 0 Å². The van der Waals surface area contributed by atoms with Crippen LogP contribution in [-0.4, -0.2) is 19.5 Å². The summed E-state index contributed by atoms with van der Waals surface area (Å²) in [7, 11) is 0. The summed E-state index contributed by atoms with van der Waals surface area (Å²) in [6.45, 7) is 11.5. The zero-order valence-electron chi connectivity index (χ0n) is 12.6. The average Bonchev–Trinajstić information content (AvgIpc) is 2.34. The van der Waals surface area contributed by atoms with Crippen LogP contribution < -0.4 is 0 Å². The number of rotatable bonds is 4. The average molecular weight is 260 g/mol. The molecule has 1 aromatic carbocycles. The molecule has 0 aliphatic rings. The van der Waals surface area contributed by atoms with Crippen molar-refractivity contribution in [3.05, 3.63) is 35.4 Å². The van der Waals surface area contributed by atoms with E-state index in [2.05, 4.69) is 56.9 Å². The molecular formula is C17H24O2. The number of ether oxygens (including phenoxy) is 2. The van der Waals surface area contributed by atoms with Gasteiger partial charge in [0.15, 0.2) is 6.29 Å². The van der Waals surface area contributed by atoms with Crippen molar-refractivity contribution in [2.24, 2.45) is 0 Å². The molecule has 1 aromatic rings. The monoisotopic (exact) mass is 260 g/mol. The topological polar surface area (TPSA) is 18.5 Å². The third kappa shape index (κ3) is 5.92. The fraction of sp³-hybridized carbons (Fsp3) is 0.529. The van der Waals surface area contributed by atoms with Gasteiger partial charge in [-0.05, 0) is 37.0 Å². The van der Waals surface area contributed by atoms with E-state index in [-0.39, 0.29) is 11.7 Å². The molecule has 0 saturated carbocycles. The second-order valence-electron chi connectivity index (χ2n) is 5.46. The van der Waals surface area contributed by atoms with Gasteiger partial charge >= 0.3 is 0 Å². The van der Waals surface area contributed by atoms with Crippen LogP contribution in [0.5, 0.6) is 0 Å². The van der Waals surface area contributed by atoms with Gasteiger partial charge in [-0.1, -0.05) is 44.7 Å². The lowest BCUT2D eigenvalue weighted by molar-refractivity contribution is -0.117. The van der Waals surface area contributed by atoms with Crippen LogP contribution in [0.25, 0.3) is 0 Å². The summed E-state index contributed by atoms with van der Waals surface area (Å²) in [5.74, 6) is 6.09. The van der Waals surface area contributed by atoms with Crippen molar-refractivity contribution in [3.8, 4) is 11.8 Å². The third-order valence-corrected chi connectivity index (χ3v) is 2.78. The van der Waals surface area contributed by atoms with Gasteiger partial charge in [0.05, 0.1) is 0 Å². The lowest BCUT2D eigenvalue weighted by atomic mass is 9.87. The highest BCUT2D eigenvalue weighted by atomic mass is 16.7. The highest BCUT2D eigenvalue weighted by Gasteiger charge is 2.12. The van der Waals surface area contributed by atoms with Crippen molar-refractivity contribution >= 4 is 0 Å². The maximum absolute atomic E-state index is 5.39. The molecule has 0 radical (unpaired) electrons. The second kappa shape index (κ2) is 7.33. The molecule has 0 fully saturated rings. The van der Waals surface area contributed by atoms with Crippen molar-refractivity contribution in [2.45, 2.75) is 46.3 Å². The van der Waals surface area contributed by atoms with E-state index in [1.807, 2.05) is 13.8 Å². The fourth-order valence-corrected chi connectivity index (χ4v) is 1.63. The van der Waals surface area contributed by atoms with Crippen LogP contribution in [-0.2, 0) is 14.9 Å². The van der Waals surface area contributed by atoms with Crippen LogP contribution >= 0.6 is 0 Å². The van der Waals surface area contributed by atoms with Crippen LogP contribution in [0.1, 0.15) is 45.7 Å². The molecule has 0 aliphatic carbocycles. The molecule has 0 aliphatic heterocycles. The lowest BCUT2D eigenvalue weighted by Crippen LogP contribution is -2.12. The van der Waals surface area contributed by atoms with Crippen molar-refractivity contribution < 1.29 is 9.47 Å². The van der Waals surface area contributed by atoms with Gasteiger partial charge in [0.25, 0.3) is 0 Å². The van der Waals surface area contributed by atoms with Crippen LogP contribution in [0.4, 0.5) is 0 Å². The molecule has 1 unspecified atom stereocenters. The Morgan fingerprint density at radius 2 is 1.74 bits per heavy atom. The minimum absolute atomic E-state index is 0.183. The summed E-state index contributed by atoms with van der Waals surface area (Å²) in [4.78, 5) is 0. The Balaban J connectivity index is 2.50. The summed E-state index contributed by atoms with van der Waals surface area (Å²) in [6, 6.07) is 8.38. The second-order valence-corrected chi connectivity index (χ2v) is 5.46. The Kier molecular flexibility index (Phi) is 6.08. The Morgan fingerprint density at radius 3 is 2.26 bits per heavy atom. The van der Waals surface area contributed by atoms with Gasteiger partial charge in [0, 0.05) is 12.2 Å². The summed E-state index contributed by atoms with van der Waals surface area (Å²) >= 11 is 0. The van der Waals surface area contributed by atoms with E-state index >= 15 is 0 Å². The van der Waals surface area contributed by atoms with E-state index < -0.39 is 0 Å². The molecule has 2 nitrogen and oxygen atoms in total. The molecule has 0 heterocycles. The van der Waals surface area contributed by atoms with E-state index in [9.17, 15) is 0 Å². The lowest BCUT2D eigenvalue weighted by Gasteiger charge is -2.18. The van der Waals surface area contributed by atoms with Crippen molar-refractivity contribution in [1.82, 2.24) is 0 Å². The SMILES string of the molecule is CCOC(C)OCC#Cc1ccc(C(C)(C)C)cc1. The van der Waals surface area contributed by atoms with Gasteiger partial charge in [-0.15, -0.1) is 0 Å². The van der Waals surface area contributed by atoms with Crippen LogP contribution in [0.15, 0.2) is 24.3 Å². The maximum atomic E-state index is 5.39. The van der Waals surface area contributed by atoms with Crippen LogP contribution in [0, 0.1) is 11.8 Å². The Bertz CT molecular complexity index is 429. The van der Waals surface area contributed by atoms with Crippen molar-refractivity contribution in [3.63, 3.8) is 0 Å². The molecule has 1 atom stereocenters. The third-order valence-electron chi connectivity index (χ3n) is 2.78. The molecule has 0 aromatic heterocycles. The molecule has 0 spiro atoms. The van der Waals surface area contributed by atoms with Gasteiger partial charge in [-0.3, -0.25) is 0 Å². The van der Waals surface area contributed by atoms with E-state index in [0.717, 1.165) is 5.56 Å². The molecule has 0 saturated heterocycles. The first-order chi connectivity index (χ1) is 8.93. The minimum Gasteiger partial charge on any atom is -0.353 e. The van der Waals surface area contributed by atoms with Gasteiger partial charge in [-0.2, -0.15) is 0 Å². The van der Waals surface area contributed by atoms with Crippen molar-refractivity contribution in [2.75, 3.05) is 13.2 Å². The quantitative estimate of drug-likeness (QED) is 0.606. The predicted molar refractivity (Wildman–Crippen MR) is 79.1 cm³/mol. The Morgan fingerprint density at radius 1 is 1.11 bits per heavy atom. The fourth-order valence-electron chi connectivity index (χ4n) is 1.63. The van der Waals surface area contributed by atoms with Gasteiger partial charge < -0.3 is 9.47 Å². The molecule has 19 heavy (non-hydrogen) atoms. The number of hydrogen-bond acceptors (Lipinski definition) is 2. The molecule has 0 amide bonds. The van der Waals surface area contributed by atoms with Gasteiger partial charge in [-0.25, -0.2) is 0 Å². The zero-order chi connectivity index (χ0) is 14.3. The number of benzene rings is 1. The van der Waals surface area contributed by atoms with Gasteiger partial charge in [0.1, 0.15) is 6.61 Å². The van der Waals surface area contributed by atoms with Crippen LogP contribution in [0.3, 0.4) is 0 Å². The smallest absolute Gasteiger partial charge is 0.156 e. The number of hydrogen-bond donors (Lipinski definition) is 0. The normalized spacial score (nSPS) is 12.7. The highest BCUT2D eigenvalue weighted by molar-refractivity contribution is 5.37. The Labute approximate surface area is 117 Å². The maximum Gasteiger partial charge on any atom is 0.156 e. The summed E-state index contributed by atoms with van der Waals surface area (Å²) in [5.41, 5.74) is 2.52. The van der Waals surface area contributed by atoms with E-state index in [0.29, 0.717) is 13.2 Å². The van der Waals surface area contributed by atoms with E-state index in [1.165, 1.54) is 5.56 Å². The first-order valence-corrected chi connectivity index (χ1v) is 6.76. The summed E-state index contributed by atoms with van der Waals surface area (Å²) in [6.07, 6.45) is -0.192. The molecule has 104 valence electrons. The molecule has 1 rings (SSSR count). The Hall–Kier alpha value is -1.30. The first kappa shape index (κ1) is 15.8. The standard InChI is InChI=1S/C17H24O2/c1-6-18-14(2)19-13-7-8-15-9-11-16(12-10-15)17(3,4)5/h9-12,14H,6,13H2,1-5H3. The zero-order valence-corrected chi connectivity index (χ0v) is 12.6. The minimum atomic E-state index is -0.192. The summed E-state index contributed by atoms with van der Waals surface area (Å²) in [5, 5.41) is 0. The van der Waals surface area contributed by atoms with Crippen LogP contribution in [0.2, 0.25) is 0 Å². The molecular weight excluding hydrogens is 236 g/mol. The van der Waals surface area contributed by atoms with E-state index in [4.69, 9.17) is 9.47 Å². The highest BCUT2D eigenvalue weighted by Crippen LogP contribution is 2.21. The molecule has 0 bridgehead atoms.